The molecule has 1 saturated carbocycles. The number of aliphatic hydroxyl groups excluding tert-OH is 1. The molecule has 1 aromatic rings. The van der Waals surface area contributed by atoms with Gasteiger partial charge in [0.15, 0.2) is 0 Å². The number of unbranched alkanes of at least 4 members (excludes halogenated alkanes) is 5. The molecular weight excluding hydrogens is 308 g/mol. The third kappa shape index (κ3) is 6.02. The van der Waals surface area contributed by atoms with E-state index in [9.17, 15) is 10.2 Å². The summed E-state index contributed by atoms with van der Waals surface area (Å²) >= 11 is 0. The fourth-order valence-electron chi connectivity index (χ4n) is 4.25. The number of aromatic hydroxyl groups is 1. The average Bonchev–Trinajstić information content (AvgIpc) is 2.58. The molecule has 2 atom stereocenters. The van der Waals surface area contributed by atoms with Gasteiger partial charge in [0.25, 0.3) is 0 Å². The molecule has 0 spiro atoms. The molecule has 0 radical (unpaired) electrons. The molecule has 2 rings (SSSR count). The molecule has 25 heavy (non-hydrogen) atoms. The van der Waals surface area contributed by atoms with Crippen LogP contribution in [-0.2, 0) is 5.41 Å². The molecule has 2 N–H and O–H groups in total. The number of phenols is 1. The van der Waals surface area contributed by atoms with Crippen molar-refractivity contribution in [2.75, 3.05) is 0 Å². The molecule has 0 saturated heterocycles. The van der Waals surface area contributed by atoms with Crippen LogP contribution in [0.3, 0.4) is 0 Å². The van der Waals surface area contributed by atoms with E-state index in [2.05, 4.69) is 32.9 Å². The molecule has 2 nitrogen and oxygen atoms in total. The normalized spacial score (nSPS) is 21.4. The first-order valence-corrected chi connectivity index (χ1v) is 10.5. The Bertz CT molecular complexity index is 521. The largest absolute Gasteiger partial charge is 0.508 e. The average molecular weight is 347 g/mol. The predicted molar refractivity (Wildman–Crippen MR) is 106 cm³/mol. The summed E-state index contributed by atoms with van der Waals surface area (Å²) in [5.74, 6) is 0.729. The van der Waals surface area contributed by atoms with E-state index in [4.69, 9.17) is 0 Å². The molecule has 142 valence electrons. The standard InChI is InChI=1S/C23H38O2/c1-4-5-6-7-8-9-15-23(2,3)19-13-14-21(22(25)17-19)18-11-10-12-20(24)16-18/h13-14,17-18,20,24-25H,4-12,15-16H2,1-3H3. The van der Waals surface area contributed by atoms with Gasteiger partial charge in [-0.15, -0.1) is 0 Å². The molecule has 2 unspecified atom stereocenters. The maximum atomic E-state index is 10.6. The van der Waals surface area contributed by atoms with Crippen molar-refractivity contribution in [1.82, 2.24) is 0 Å². The van der Waals surface area contributed by atoms with Crippen molar-refractivity contribution >= 4 is 0 Å². The predicted octanol–water partition coefficient (Wildman–Crippen LogP) is 6.44. The van der Waals surface area contributed by atoms with Gasteiger partial charge in [-0.25, -0.2) is 0 Å². The third-order valence-electron chi connectivity index (χ3n) is 6.05. The van der Waals surface area contributed by atoms with E-state index in [0.29, 0.717) is 11.7 Å². The molecule has 1 fully saturated rings. The summed E-state index contributed by atoms with van der Waals surface area (Å²) in [6.07, 6.45) is 12.7. The maximum absolute atomic E-state index is 10.6. The summed E-state index contributed by atoms with van der Waals surface area (Å²) in [5, 5.41) is 20.5. The van der Waals surface area contributed by atoms with Gasteiger partial charge in [0.2, 0.25) is 0 Å². The molecule has 0 amide bonds. The fourth-order valence-corrected chi connectivity index (χ4v) is 4.25. The quantitative estimate of drug-likeness (QED) is 0.505. The SMILES string of the molecule is CCCCCCCCC(C)(C)c1ccc(C2CCCC(O)C2)c(O)c1. The molecule has 2 heteroatoms. The number of hydrogen-bond donors (Lipinski definition) is 2. The van der Waals surface area contributed by atoms with Crippen molar-refractivity contribution in [3.8, 4) is 5.75 Å². The fraction of sp³-hybridized carbons (Fsp3) is 0.739. The van der Waals surface area contributed by atoms with Gasteiger partial charge >= 0.3 is 0 Å². The Morgan fingerprint density at radius 3 is 2.44 bits per heavy atom. The minimum Gasteiger partial charge on any atom is -0.508 e. The van der Waals surface area contributed by atoms with Gasteiger partial charge < -0.3 is 10.2 Å². The van der Waals surface area contributed by atoms with E-state index in [1.54, 1.807) is 0 Å². The molecule has 0 heterocycles. The van der Waals surface area contributed by atoms with Crippen molar-refractivity contribution < 1.29 is 10.2 Å². The lowest BCUT2D eigenvalue weighted by molar-refractivity contribution is 0.119. The van der Waals surface area contributed by atoms with E-state index in [1.807, 2.05) is 6.07 Å². The van der Waals surface area contributed by atoms with E-state index < -0.39 is 0 Å². The van der Waals surface area contributed by atoms with Crippen LogP contribution in [0.5, 0.6) is 5.75 Å². The van der Waals surface area contributed by atoms with Crippen molar-refractivity contribution in [2.24, 2.45) is 0 Å². The van der Waals surface area contributed by atoms with E-state index in [0.717, 1.165) is 31.2 Å². The van der Waals surface area contributed by atoms with Crippen LogP contribution in [0.2, 0.25) is 0 Å². The summed E-state index contributed by atoms with van der Waals surface area (Å²) in [5.41, 5.74) is 2.36. The van der Waals surface area contributed by atoms with E-state index >= 15 is 0 Å². The third-order valence-corrected chi connectivity index (χ3v) is 6.05. The summed E-state index contributed by atoms with van der Waals surface area (Å²) in [6.45, 7) is 6.84. The molecule has 0 aromatic heterocycles. The number of phenolic OH excluding ortho intramolecular Hbond substituents is 1. The summed E-state index contributed by atoms with van der Waals surface area (Å²) in [4.78, 5) is 0. The Hall–Kier alpha value is -1.02. The van der Waals surface area contributed by atoms with Gasteiger partial charge in [-0.2, -0.15) is 0 Å². The zero-order valence-corrected chi connectivity index (χ0v) is 16.6. The van der Waals surface area contributed by atoms with Crippen LogP contribution in [-0.4, -0.2) is 16.3 Å². The lowest BCUT2D eigenvalue weighted by Crippen LogP contribution is -2.19. The number of benzene rings is 1. The highest BCUT2D eigenvalue weighted by Crippen LogP contribution is 2.40. The first-order chi connectivity index (χ1) is 11.9. The smallest absolute Gasteiger partial charge is 0.119 e. The highest BCUT2D eigenvalue weighted by atomic mass is 16.3. The van der Waals surface area contributed by atoms with Gasteiger partial charge in [0.1, 0.15) is 5.75 Å². The minimum absolute atomic E-state index is 0.104. The Labute approximate surface area is 154 Å². The van der Waals surface area contributed by atoms with Crippen LogP contribution in [0.1, 0.15) is 108 Å². The van der Waals surface area contributed by atoms with Crippen molar-refractivity contribution in [2.45, 2.75) is 109 Å². The van der Waals surface area contributed by atoms with Gasteiger partial charge in [-0.05, 0) is 54.2 Å². The van der Waals surface area contributed by atoms with Crippen molar-refractivity contribution in [3.63, 3.8) is 0 Å². The zero-order chi connectivity index (χ0) is 18.3. The van der Waals surface area contributed by atoms with Gasteiger partial charge in [0.05, 0.1) is 6.10 Å². The lowest BCUT2D eigenvalue weighted by Gasteiger charge is -2.29. The Kier molecular flexibility index (Phi) is 7.81. The first kappa shape index (κ1) is 20.3. The molecule has 1 aromatic carbocycles. The lowest BCUT2D eigenvalue weighted by atomic mass is 9.77. The first-order valence-electron chi connectivity index (χ1n) is 10.5. The van der Waals surface area contributed by atoms with Crippen LogP contribution in [0, 0.1) is 0 Å². The monoisotopic (exact) mass is 346 g/mol. The zero-order valence-electron chi connectivity index (χ0n) is 16.6. The van der Waals surface area contributed by atoms with Crippen LogP contribution in [0.4, 0.5) is 0 Å². The second kappa shape index (κ2) is 9.62. The second-order valence-electron chi connectivity index (χ2n) is 8.69. The topological polar surface area (TPSA) is 40.5 Å². The van der Waals surface area contributed by atoms with Gasteiger partial charge in [-0.3, -0.25) is 0 Å². The Morgan fingerprint density at radius 2 is 1.76 bits per heavy atom. The molecular formula is C23H38O2. The molecule has 1 aliphatic rings. The van der Waals surface area contributed by atoms with Crippen molar-refractivity contribution in [3.05, 3.63) is 29.3 Å². The Morgan fingerprint density at radius 1 is 1.04 bits per heavy atom. The van der Waals surface area contributed by atoms with Crippen LogP contribution >= 0.6 is 0 Å². The van der Waals surface area contributed by atoms with Crippen LogP contribution < -0.4 is 0 Å². The Balaban J connectivity index is 1.93. The maximum Gasteiger partial charge on any atom is 0.119 e. The van der Waals surface area contributed by atoms with E-state index in [1.165, 1.54) is 50.5 Å². The van der Waals surface area contributed by atoms with Gasteiger partial charge in [0, 0.05) is 0 Å². The second-order valence-corrected chi connectivity index (χ2v) is 8.69. The molecule has 0 aliphatic heterocycles. The van der Waals surface area contributed by atoms with Crippen LogP contribution in [0.15, 0.2) is 18.2 Å². The molecule has 1 aliphatic carbocycles. The highest BCUT2D eigenvalue weighted by Gasteiger charge is 2.26. The van der Waals surface area contributed by atoms with Gasteiger partial charge in [-0.1, -0.05) is 77.8 Å². The van der Waals surface area contributed by atoms with Crippen LogP contribution in [0.25, 0.3) is 0 Å². The summed E-state index contributed by atoms with van der Waals surface area (Å²) in [7, 11) is 0. The van der Waals surface area contributed by atoms with Crippen molar-refractivity contribution in [1.29, 1.82) is 0 Å². The summed E-state index contributed by atoms with van der Waals surface area (Å²) < 4.78 is 0. The minimum atomic E-state index is -0.207. The van der Waals surface area contributed by atoms with E-state index in [-0.39, 0.29) is 11.5 Å². The number of aliphatic hydroxyl groups is 1. The highest BCUT2D eigenvalue weighted by molar-refractivity contribution is 5.41. The number of hydrogen-bond acceptors (Lipinski definition) is 2. The summed E-state index contributed by atoms with van der Waals surface area (Å²) in [6, 6.07) is 6.29. The molecule has 0 bridgehead atoms. The number of rotatable bonds is 9.